The third kappa shape index (κ3) is 3.08. The van der Waals surface area contributed by atoms with Gasteiger partial charge in [0.25, 0.3) is 0 Å². The Morgan fingerprint density at radius 2 is 2.00 bits per heavy atom. The fourth-order valence-electron chi connectivity index (χ4n) is 1.36. The molecule has 0 aliphatic rings. The third-order valence-electron chi connectivity index (χ3n) is 2.01. The molecule has 0 aliphatic heterocycles. The van der Waals surface area contributed by atoms with Gasteiger partial charge in [0.2, 0.25) is 0 Å². The molecular formula is C12H15NO3. The topological polar surface area (TPSA) is 47.9 Å². The van der Waals surface area contributed by atoms with E-state index in [1.807, 2.05) is 19.1 Å². The second-order valence-corrected chi connectivity index (χ2v) is 3.45. The number of benzene rings is 1. The standard InChI is InChI=1S/C12H15NO3/c1-8-5-6-12(16-10(3)14)11(7-8)9(2)13-15-4/h5-7H,1-4H3/b13-9-. The van der Waals surface area contributed by atoms with Crippen molar-refractivity contribution in [3.05, 3.63) is 29.3 Å². The average Bonchev–Trinajstić information content (AvgIpc) is 2.20. The van der Waals surface area contributed by atoms with Crippen molar-refractivity contribution in [3.8, 4) is 5.75 Å². The summed E-state index contributed by atoms with van der Waals surface area (Å²) in [7, 11) is 1.48. The lowest BCUT2D eigenvalue weighted by molar-refractivity contribution is -0.131. The zero-order valence-corrected chi connectivity index (χ0v) is 9.90. The minimum atomic E-state index is -0.352. The van der Waals surface area contributed by atoms with E-state index in [1.54, 1.807) is 13.0 Å². The number of rotatable bonds is 3. The summed E-state index contributed by atoms with van der Waals surface area (Å²) >= 11 is 0. The number of oxime groups is 1. The van der Waals surface area contributed by atoms with Gasteiger partial charge >= 0.3 is 5.97 Å². The van der Waals surface area contributed by atoms with Gasteiger partial charge in [0.05, 0.1) is 5.71 Å². The molecule has 4 nitrogen and oxygen atoms in total. The van der Waals surface area contributed by atoms with E-state index in [0.29, 0.717) is 11.5 Å². The van der Waals surface area contributed by atoms with Gasteiger partial charge in [-0.3, -0.25) is 4.79 Å². The smallest absolute Gasteiger partial charge is 0.308 e. The van der Waals surface area contributed by atoms with Crippen LogP contribution in [-0.2, 0) is 9.63 Å². The minimum absolute atomic E-state index is 0.352. The van der Waals surface area contributed by atoms with Crippen molar-refractivity contribution in [3.63, 3.8) is 0 Å². The van der Waals surface area contributed by atoms with Crippen LogP contribution in [0.4, 0.5) is 0 Å². The van der Waals surface area contributed by atoms with Crippen LogP contribution in [0.3, 0.4) is 0 Å². The maximum Gasteiger partial charge on any atom is 0.308 e. The van der Waals surface area contributed by atoms with E-state index in [0.717, 1.165) is 11.1 Å². The maximum atomic E-state index is 10.9. The van der Waals surface area contributed by atoms with E-state index < -0.39 is 0 Å². The molecule has 0 N–H and O–H groups in total. The number of carbonyl (C=O) groups excluding carboxylic acids is 1. The zero-order chi connectivity index (χ0) is 12.1. The average molecular weight is 221 g/mol. The van der Waals surface area contributed by atoms with Gasteiger partial charge in [0.15, 0.2) is 0 Å². The van der Waals surface area contributed by atoms with Crippen molar-refractivity contribution >= 4 is 11.7 Å². The highest BCUT2D eigenvalue weighted by Crippen LogP contribution is 2.21. The van der Waals surface area contributed by atoms with Crippen LogP contribution in [0.2, 0.25) is 0 Å². The number of carbonyl (C=O) groups is 1. The van der Waals surface area contributed by atoms with E-state index in [4.69, 9.17) is 9.57 Å². The van der Waals surface area contributed by atoms with Crippen LogP contribution in [0.1, 0.15) is 25.0 Å². The summed E-state index contributed by atoms with van der Waals surface area (Å²) < 4.78 is 5.09. The highest BCUT2D eigenvalue weighted by molar-refractivity contribution is 6.01. The van der Waals surface area contributed by atoms with E-state index in [9.17, 15) is 4.79 Å². The number of hydrogen-bond donors (Lipinski definition) is 0. The van der Waals surface area contributed by atoms with Crippen LogP contribution in [-0.4, -0.2) is 18.8 Å². The number of nitrogens with zero attached hydrogens (tertiary/aromatic N) is 1. The van der Waals surface area contributed by atoms with Crippen LogP contribution in [0.25, 0.3) is 0 Å². The molecule has 4 heteroatoms. The number of aryl methyl sites for hydroxylation is 1. The van der Waals surface area contributed by atoms with Gasteiger partial charge < -0.3 is 9.57 Å². The van der Waals surface area contributed by atoms with E-state index in [1.165, 1.54) is 14.0 Å². The van der Waals surface area contributed by atoms with Crippen LogP contribution < -0.4 is 4.74 Å². The van der Waals surface area contributed by atoms with Crippen molar-refractivity contribution < 1.29 is 14.4 Å². The van der Waals surface area contributed by atoms with Gasteiger partial charge in [-0.25, -0.2) is 0 Å². The Kier molecular flexibility index (Phi) is 4.05. The Morgan fingerprint density at radius 1 is 1.31 bits per heavy atom. The second kappa shape index (κ2) is 5.30. The van der Waals surface area contributed by atoms with Crippen LogP contribution >= 0.6 is 0 Å². The van der Waals surface area contributed by atoms with Gasteiger partial charge in [-0.15, -0.1) is 0 Å². The van der Waals surface area contributed by atoms with Crippen molar-refractivity contribution in [2.75, 3.05) is 7.11 Å². The Bertz CT molecular complexity index is 424. The summed E-state index contributed by atoms with van der Waals surface area (Å²) in [5, 5.41) is 3.83. The molecule has 0 spiro atoms. The summed E-state index contributed by atoms with van der Waals surface area (Å²) in [6.07, 6.45) is 0. The highest BCUT2D eigenvalue weighted by atomic mass is 16.6. The molecule has 0 atom stereocenters. The quantitative estimate of drug-likeness (QED) is 0.340. The molecule has 0 heterocycles. The molecule has 0 bridgehead atoms. The molecule has 0 amide bonds. The Hall–Kier alpha value is -1.84. The van der Waals surface area contributed by atoms with Crippen molar-refractivity contribution in [2.24, 2.45) is 5.16 Å². The Morgan fingerprint density at radius 3 is 2.56 bits per heavy atom. The lowest BCUT2D eigenvalue weighted by Gasteiger charge is -2.09. The first-order valence-electron chi connectivity index (χ1n) is 4.91. The molecule has 16 heavy (non-hydrogen) atoms. The van der Waals surface area contributed by atoms with Gasteiger partial charge in [-0.1, -0.05) is 16.8 Å². The van der Waals surface area contributed by atoms with Crippen molar-refractivity contribution in [1.82, 2.24) is 0 Å². The third-order valence-corrected chi connectivity index (χ3v) is 2.01. The Balaban J connectivity index is 3.17. The molecule has 1 rings (SSSR count). The molecule has 0 radical (unpaired) electrons. The van der Waals surface area contributed by atoms with Gasteiger partial charge in [-0.2, -0.15) is 0 Å². The molecular weight excluding hydrogens is 206 g/mol. The summed E-state index contributed by atoms with van der Waals surface area (Å²) in [4.78, 5) is 15.6. The van der Waals surface area contributed by atoms with E-state index >= 15 is 0 Å². The molecule has 0 fully saturated rings. The minimum Gasteiger partial charge on any atom is -0.426 e. The number of hydrogen-bond acceptors (Lipinski definition) is 4. The van der Waals surface area contributed by atoms with Crippen LogP contribution in [0.15, 0.2) is 23.4 Å². The molecule has 86 valence electrons. The van der Waals surface area contributed by atoms with Crippen LogP contribution in [0, 0.1) is 6.92 Å². The van der Waals surface area contributed by atoms with Crippen molar-refractivity contribution in [1.29, 1.82) is 0 Å². The SMILES string of the molecule is CO/N=C(/C)c1cc(C)ccc1OC(C)=O. The normalized spacial score (nSPS) is 11.1. The van der Waals surface area contributed by atoms with Gasteiger partial charge in [0.1, 0.15) is 12.9 Å². The van der Waals surface area contributed by atoms with Crippen LogP contribution in [0.5, 0.6) is 5.75 Å². The second-order valence-electron chi connectivity index (χ2n) is 3.45. The molecule has 0 aliphatic carbocycles. The fourth-order valence-corrected chi connectivity index (χ4v) is 1.36. The predicted molar refractivity (Wildman–Crippen MR) is 61.7 cm³/mol. The Labute approximate surface area is 94.9 Å². The number of ether oxygens (including phenoxy) is 1. The molecule has 0 saturated heterocycles. The molecule has 1 aromatic rings. The summed E-state index contributed by atoms with van der Waals surface area (Å²) in [5.41, 5.74) is 2.50. The largest absolute Gasteiger partial charge is 0.426 e. The van der Waals surface area contributed by atoms with Gasteiger partial charge in [0, 0.05) is 12.5 Å². The molecule has 0 unspecified atom stereocenters. The maximum absolute atomic E-state index is 10.9. The van der Waals surface area contributed by atoms with E-state index in [2.05, 4.69) is 5.16 Å². The first-order valence-corrected chi connectivity index (χ1v) is 4.91. The highest BCUT2D eigenvalue weighted by Gasteiger charge is 2.09. The summed E-state index contributed by atoms with van der Waals surface area (Å²) in [6.45, 7) is 5.12. The first kappa shape index (κ1) is 12.2. The zero-order valence-electron chi connectivity index (χ0n) is 9.90. The monoisotopic (exact) mass is 221 g/mol. The van der Waals surface area contributed by atoms with Gasteiger partial charge in [-0.05, 0) is 26.0 Å². The number of esters is 1. The molecule has 0 aromatic heterocycles. The molecule has 0 saturated carbocycles. The molecule has 1 aromatic carbocycles. The summed E-state index contributed by atoms with van der Waals surface area (Å²) in [6, 6.07) is 5.53. The predicted octanol–water partition coefficient (Wildman–Crippen LogP) is 2.29. The lowest BCUT2D eigenvalue weighted by Crippen LogP contribution is -2.07. The lowest BCUT2D eigenvalue weighted by atomic mass is 10.1. The first-order chi connectivity index (χ1) is 7.54. The van der Waals surface area contributed by atoms with Crippen molar-refractivity contribution in [2.45, 2.75) is 20.8 Å². The fraction of sp³-hybridized carbons (Fsp3) is 0.333. The van der Waals surface area contributed by atoms with E-state index in [-0.39, 0.29) is 5.97 Å². The summed E-state index contributed by atoms with van der Waals surface area (Å²) in [5.74, 6) is 0.145.